The molecule has 4 heteroatoms. The molecule has 0 aliphatic carbocycles. The van der Waals surface area contributed by atoms with E-state index in [0.29, 0.717) is 5.92 Å². The van der Waals surface area contributed by atoms with Gasteiger partial charge in [0.15, 0.2) is 0 Å². The van der Waals surface area contributed by atoms with Crippen molar-refractivity contribution < 1.29 is 9.53 Å². The van der Waals surface area contributed by atoms with E-state index in [0.717, 1.165) is 49.5 Å². The summed E-state index contributed by atoms with van der Waals surface area (Å²) < 4.78 is 5.36. The fraction of sp³-hybridized carbons (Fsp3) is 0.533. The second-order valence-electron chi connectivity index (χ2n) is 5.15. The highest BCUT2D eigenvalue weighted by Crippen LogP contribution is 2.22. The summed E-state index contributed by atoms with van der Waals surface area (Å²) in [7, 11) is 0. The smallest absolute Gasteiger partial charge is 0.221 e. The van der Waals surface area contributed by atoms with Gasteiger partial charge >= 0.3 is 0 Å². The Morgan fingerprint density at radius 2 is 2.11 bits per heavy atom. The lowest BCUT2D eigenvalue weighted by molar-refractivity contribution is -0.114. The maximum atomic E-state index is 11.1. The number of aryl methyl sites for hydroxylation is 1. The van der Waals surface area contributed by atoms with Crippen molar-refractivity contribution in [2.24, 2.45) is 5.92 Å². The van der Waals surface area contributed by atoms with Crippen molar-refractivity contribution in [1.29, 1.82) is 0 Å². The number of amides is 1. The summed E-state index contributed by atoms with van der Waals surface area (Å²) in [6.07, 6.45) is 2.24. The second kappa shape index (κ2) is 6.57. The minimum absolute atomic E-state index is 0.0373. The predicted octanol–water partition coefficient (Wildman–Crippen LogP) is 2.79. The molecule has 2 rings (SSSR count). The molecule has 0 bridgehead atoms. The van der Waals surface area contributed by atoms with Crippen LogP contribution in [0.5, 0.6) is 0 Å². The minimum atomic E-state index is -0.0373. The van der Waals surface area contributed by atoms with Crippen LogP contribution in [0.4, 0.5) is 11.4 Å². The van der Waals surface area contributed by atoms with Crippen LogP contribution in [-0.4, -0.2) is 25.7 Å². The molecule has 1 aliphatic rings. The van der Waals surface area contributed by atoms with Gasteiger partial charge in [-0.2, -0.15) is 0 Å². The first-order valence-corrected chi connectivity index (χ1v) is 6.85. The molecule has 0 spiro atoms. The van der Waals surface area contributed by atoms with E-state index in [1.54, 1.807) is 0 Å². The third-order valence-corrected chi connectivity index (χ3v) is 3.48. The number of ether oxygens (including phenoxy) is 1. The highest BCUT2D eigenvalue weighted by Gasteiger charge is 2.13. The SMILES string of the molecule is CC(=O)Nc1cc(NCC2CCOCC2)ccc1C. The third kappa shape index (κ3) is 4.24. The standard InChI is InChI=1S/C15H22N2O2/c1-11-3-4-14(9-15(11)17-12(2)18)16-10-13-5-7-19-8-6-13/h3-4,9,13,16H,5-8,10H2,1-2H3,(H,17,18). The Kier molecular flexibility index (Phi) is 4.80. The van der Waals surface area contributed by atoms with Gasteiger partial charge < -0.3 is 15.4 Å². The Balaban J connectivity index is 1.94. The summed E-state index contributed by atoms with van der Waals surface area (Å²) in [6.45, 7) is 6.23. The van der Waals surface area contributed by atoms with E-state index >= 15 is 0 Å². The molecule has 1 aliphatic heterocycles. The van der Waals surface area contributed by atoms with Crippen molar-refractivity contribution in [3.8, 4) is 0 Å². The molecular formula is C15H22N2O2. The molecule has 1 amide bonds. The molecule has 0 aromatic heterocycles. The van der Waals surface area contributed by atoms with Gasteiger partial charge in [0.2, 0.25) is 5.91 Å². The normalized spacial score (nSPS) is 16.1. The van der Waals surface area contributed by atoms with Crippen LogP contribution >= 0.6 is 0 Å². The van der Waals surface area contributed by atoms with E-state index in [9.17, 15) is 4.79 Å². The van der Waals surface area contributed by atoms with Gasteiger partial charge in [-0.25, -0.2) is 0 Å². The van der Waals surface area contributed by atoms with Crippen LogP contribution in [0.25, 0.3) is 0 Å². The zero-order valence-corrected chi connectivity index (χ0v) is 11.7. The largest absolute Gasteiger partial charge is 0.385 e. The molecule has 104 valence electrons. The third-order valence-electron chi connectivity index (χ3n) is 3.48. The summed E-state index contributed by atoms with van der Waals surface area (Å²) in [4.78, 5) is 11.1. The van der Waals surface area contributed by atoms with Crippen LogP contribution in [0.1, 0.15) is 25.3 Å². The Morgan fingerprint density at radius 3 is 2.79 bits per heavy atom. The van der Waals surface area contributed by atoms with Gasteiger partial charge in [0.05, 0.1) is 0 Å². The lowest BCUT2D eigenvalue weighted by Gasteiger charge is -2.23. The van der Waals surface area contributed by atoms with Gasteiger partial charge in [-0.1, -0.05) is 6.07 Å². The van der Waals surface area contributed by atoms with Crippen LogP contribution in [0.2, 0.25) is 0 Å². The fourth-order valence-corrected chi connectivity index (χ4v) is 2.27. The number of anilines is 2. The van der Waals surface area contributed by atoms with E-state index in [2.05, 4.69) is 16.7 Å². The highest BCUT2D eigenvalue weighted by molar-refractivity contribution is 5.90. The van der Waals surface area contributed by atoms with Gasteiger partial charge in [-0.3, -0.25) is 4.79 Å². The van der Waals surface area contributed by atoms with Gasteiger partial charge in [-0.05, 0) is 43.4 Å². The molecule has 1 aromatic carbocycles. The second-order valence-corrected chi connectivity index (χ2v) is 5.15. The summed E-state index contributed by atoms with van der Waals surface area (Å²) >= 11 is 0. The van der Waals surface area contributed by atoms with Gasteiger partial charge in [0, 0.05) is 38.1 Å². The number of hydrogen-bond acceptors (Lipinski definition) is 3. The molecule has 0 atom stereocenters. The Hall–Kier alpha value is -1.55. The molecule has 1 fully saturated rings. The molecule has 1 aromatic rings. The zero-order chi connectivity index (χ0) is 13.7. The van der Waals surface area contributed by atoms with Crippen molar-refractivity contribution in [3.63, 3.8) is 0 Å². The first kappa shape index (κ1) is 13.9. The number of benzene rings is 1. The summed E-state index contributed by atoms with van der Waals surface area (Å²) in [5.74, 6) is 0.643. The summed E-state index contributed by atoms with van der Waals surface area (Å²) in [5.41, 5.74) is 3.01. The average molecular weight is 262 g/mol. The molecule has 4 nitrogen and oxygen atoms in total. The lowest BCUT2D eigenvalue weighted by atomic mass is 10.0. The quantitative estimate of drug-likeness (QED) is 0.877. The zero-order valence-electron chi connectivity index (χ0n) is 11.7. The maximum absolute atomic E-state index is 11.1. The van der Waals surface area contributed by atoms with Gasteiger partial charge in [-0.15, -0.1) is 0 Å². The first-order valence-electron chi connectivity index (χ1n) is 6.85. The molecule has 19 heavy (non-hydrogen) atoms. The van der Waals surface area contributed by atoms with Crippen molar-refractivity contribution in [2.45, 2.75) is 26.7 Å². The Morgan fingerprint density at radius 1 is 1.37 bits per heavy atom. The van der Waals surface area contributed by atoms with E-state index in [-0.39, 0.29) is 5.91 Å². The predicted molar refractivity (Wildman–Crippen MR) is 77.5 cm³/mol. The molecule has 0 radical (unpaired) electrons. The summed E-state index contributed by atoms with van der Waals surface area (Å²) in [6, 6.07) is 6.08. The van der Waals surface area contributed by atoms with E-state index in [4.69, 9.17) is 4.74 Å². The minimum Gasteiger partial charge on any atom is -0.385 e. The Bertz CT molecular complexity index is 440. The van der Waals surface area contributed by atoms with Gasteiger partial charge in [0.1, 0.15) is 0 Å². The van der Waals surface area contributed by atoms with Crippen molar-refractivity contribution >= 4 is 17.3 Å². The number of rotatable bonds is 4. The van der Waals surface area contributed by atoms with Crippen molar-refractivity contribution in [2.75, 3.05) is 30.4 Å². The number of carbonyl (C=O) groups excluding carboxylic acids is 1. The molecule has 1 heterocycles. The molecular weight excluding hydrogens is 240 g/mol. The van der Waals surface area contributed by atoms with Crippen LogP contribution in [0, 0.1) is 12.8 Å². The molecule has 2 N–H and O–H groups in total. The summed E-state index contributed by atoms with van der Waals surface area (Å²) in [5, 5.41) is 6.30. The highest BCUT2D eigenvalue weighted by atomic mass is 16.5. The van der Waals surface area contributed by atoms with Gasteiger partial charge in [0.25, 0.3) is 0 Å². The molecule has 0 unspecified atom stereocenters. The van der Waals surface area contributed by atoms with Crippen LogP contribution in [0.3, 0.4) is 0 Å². The average Bonchev–Trinajstić information content (AvgIpc) is 2.40. The van der Waals surface area contributed by atoms with E-state index in [1.165, 1.54) is 6.92 Å². The van der Waals surface area contributed by atoms with Crippen LogP contribution < -0.4 is 10.6 Å². The van der Waals surface area contributed by atoms with Crippen molar-refractivity contribution in [1.82, 2.24) is 0 Å². The first-order chi connectivity index (χ1) is 9.15. The van der Waals surface area contributed by atoms with Crippen LogP contribution in [0.15, 0.2) is 18.2 Å². The number of nitrogens with one attached hydrogen (secondary N) is 2. The maximum Gasteiger partial charge on any atom is 0.221 e. The fourth-order valence-electron chi connectivity index (χ4n) is 2.27. The monoisotopic (exact) mass is 262 g/mol. The number of carbonyl (C=O) groups is 1. The number of hydrogen-bond donors (Lipinski definition) is 2. The van der Waals surface area contributed by atoms with E-state index in [1.807, 2.05) is 19.1 Å². The topological polar surface area (TPSA) is 50.4 Å². The van der Waals surface area contributed by atoms with Crippen LogP contribution in [-0.2, 0) is 9.53 Å². The van der Waals surface area contributed by atoms with Crippen molar-refractivity contribution in [3.05, 3.63) is 23.8 Å². The lowest BCUT2D eigenvalue weighted by Crippen LogP contribution is -2.22. The Labute approximate surface area is 114 Å². The molecule has 0 saturated carbocycles. The van der Waals surface area contributed by atoms with E-state index < -0.39 is 0 Å². The molecule has 1 saturated heterocycles.